The second-order valence-corrected chi connectivity index (χ2v) is 5.15. The third-order valence-corrected chi connectivity index (χ3v) is 3.54. The standard InChI is InChI=1S/C18H17N/c1-13(2)15-8-5-6-10-17(15)18-12-19-11-14-7-3-4-9-16(14)18/h3-13H,1-2H3. The van der Waals surface area contributed by atoms with E-state index in [0.29, 0.717) is 5.92 Å². The van der Waals surface area contributed by atoms with E-state index in [4.69, 9.17) is 0 Å². The fourth-order valence-electron chi connectivity index (χ4n) is 2.58. The van der Waals surface area contributed by atoms with Crippen molar-refractivity contribution in [2.75, 3.05) is 0 Å². The van der Waals surface area contributed by atoms with Gasteiger partial charge in [-0.05, 0) is 22.4 Å². The first-order valence-electron chi connectivity index (χ1n) is 6.69. The van der Waals surface area contributed by atoms with Crippen LogP contribution >= 0.6 is 0 Å². The van der Waals surface area contributed by atoms with Crippen LogP contribution in [0.5, 0.6) is 0 Å². The van der Waals surface area contributed by atoms with Crippen molar-refractivity contribution in [1.82, 2.24) is 4.98 Å². The first-order valence-corrected chi connectivity index (χ1v) is 6.69. The molecule has 0 atom stereocenters. The molecule has 0 aliphatic rings. The monoisotopic (exact) mass is 247 g/mol. The lowest BCUT2D eigenvalue weighted by Crippen LogP contribution is -1.93. The third-order valence-electron chi connectivity index (χ3n) is 3.54. The molecule has 0 N–H and O–H groups in total. The van der Waals surface area contributed by atoms with Crippen LogP contribution in [0.1, 0.15) is 25.3 Å². The Morgan fingerprint density at radius 1 is 0.789 bits per heavy atom. The van der Waals surface area contributed by atoms with Gasteiger partial charge in [0.05, 0.1) is 0 Å². The molecule has 2 aromatic carbocycles. The molecule has 0 fully saturated rings. The predicted molar refractivity (Wildman–Crippen MR) is 81.3 cm³/mol. The molecule has 0 saturated carbocycles. The van der Waals surface area contributed by atoms with Crippen molar-refractivity contribution in [3.63, 3.8) is 0 Å². The molecule has 1 heterocycles. The maximum atomic E-state index is 4.39. The minimum atomic E-state index is 0.509. The summed E-state index contributed by atoms with van der Waals surface area (Å²) in [7, 11) is 0. The van der Waals surface area contributed by atoms with E-state index >= 15 is 0 Å². The van der Waals surface area contributed by atoms with Gasteiger partial charge in [0.15, 0.2) is 0 Å². The van der Waals surface area contributed by atoms with Gasteiger partial charge in [-0.3, -0.25) is 4.98 Å². The second-order valence-electron chi connectivity index (χ2n) is 5.15. The number of benzene rings is 2. The largest absolute Gasteiger partial charge is 0.263 e. The SMILES string of the molecule is CC(C)c1ccccc1-c1cncc2ccccc12. The summed E-state index contributed by atoms with van der Waals surface area (Å²) in [6.07, 6.45) is 3.90. The molecule has 0 unspecified atom stereocenters. The van der Waals surface area contributed by atoms with Crippen molar-refractivity contribution in [2.24, 2.45) is 0 Å². The van der Waals surface area contributed by atoms with E-state index in [2.05, 4.69) is 67.4 Å². The fourth-order valence-corrected chi connectivity index (χ4v) is 2.58. The summed E-state index contributed by atoms with van der Waals surface area (Å²) in [5, 5.41) is 2.46. The minimum Gasteiger partial charge on any atom is -0.263 e. The highest BCUT2D eigenvalue weighted by atomic mass is 14.6. The summed E-state index contributed by atoms with van der Waals surface area (Å²) in [5.41, 5.74) is 3.89. The van der Waals surface area contributed by atoms with Crippen LogP contribution in [-0.4, -0.2) is 4.98 Å². The Morgan fingerprint density at radius 3 is 2.37 bits per heavy atom. The highest BCUT2D eigenvalue weighted by Gasteiger charge is 2.10. The molecule has 1 heteroatoms. The van der Waals surface area contributed by atoms with Crippen LogP contribution < -0.4 is 0 Å². The van der Waals surface area contributed by atoms with Crippen molar-refractivity contribution in [2.45, 2.75) is 19.8 Å². The normalized spacial score (nSPS) is 11.1. The molecule has 0 saturated heterocycles. The third kappa shape index (κ3) is 2.12. The van der Waals surface area contributed by atoms with Gasteiger partial charge in [0.25, 0.3) is 0 Å². The Hall–Kier alpha value is -2.15. The number of nitrogens with zero attached hydrogens (tertiary/aromatic N) is 1. The highest BCUT2D eigenvalue weighted by Crippen LogP contribution is 2.33. The molecule has 0 spiro atoms. The van der Waals surface area contributed by atoms with E-state index in [-0.39, 0.29) is 0 Å². The van der Waals surface area contributed by atoms with Gasteiger partial charge < -0.3 is 0 Å². The van der Waals surface area contributed by atoms with Gasteiger partial charge in [-0.1, -0.05) is 62.4 Å². The predicted octanol–water partition coefficient (Wildman–Crippen LogP) is 5.03. The minimum absolute atomic E-state index is 0.509. The zero-order chi connectivity index (χ0) is 13.2. The van der Waals surface area contributed by atoms with Gasteiger partial charge in [0.2, 0.25) is 0 Å². The van der Waals surface area contributed by atoms with Gasteiger partial charge in [-0.2, -0.15) is 0 Å². The van der Waals surface area contributed by atoms with Gasteiger partial charge in [0.1, 0.15) is 0 Å². The molecule has 0 amide bonds. The average molecular weight is 247 g/mol. The first-order chi connectivity index (χ1) is 9.27. The molecule has 0 aliphatic carbocycles. The molecule has 3 rings (SSSR count). The van der Waals surface area contributed by atoms with E-state index in [1.54, 1.807) is 0 Å². The fraction of sp³-hybridized carbons (Fsp3) is 0.167. The average Bonchev–Trinajstić information content (AvgIpc) is 2.46. The van der Waals surface area contributed by atoms with Crippen LogP contribution in [0.25, 0.3) is 21.9 Å². The zero-order valence-electron chi connectivity index (χ0n) is 11.3. The summed E-state index contributed by atoms with van der Waals surface area (Å²) >= 11 is 0. The first kappa shape index (κ1) is 11.9. The van der Waals surface area contributed by atoms with E-state index in [1.807, 2.05) is 12.4 Å². The van der Waals surface area contributed by atoms with E-state index < -0.39 is 0 Å². The Balaban J connectivity index is 2.31. The van der Waals surface area contributed by atoms with Crippen molar-refractivity contribution in [3.05, 3.63) is 66.5 Å². The van der Waals surface area contributed by atoms with Gasteiger partial charge >= 0.3 is 0 Å². The summed E-state index contributed by atoms with van der Waals surface area (Å²) < 4.78 is 0. The number of aromatic nitrogens is 1. The quantitative estimate of drug-likeness (QED) is 0.619. The maximum absolute atomic E-state index is 4.39. The van der Waals surface area contributed by atoms with Crippen molar-refractivity contribution in [3.8, 4) is 11.1 Å². The molecular weight excluding hydrogens is 230 g/mol. The molecule has 0 bridgehead atoms. The lowest BCUT2D eigenvalue weighted by Gasteiger charge is -2.14. The smallest absolute Gasteiger partial charge is 0.0352 e. The van der Waals surface area contributed by atoms with Crippen LogP contribution in [0.15, 0.2) is 60.9 Å². The Kier molecular flexibility index (Phi) is 3.04. The maximum Gasteiger partial charge on any atom is 0.0352 e. The zero-order valence-corrected chi connectivity index (χ0v) is 11.3. The molecule has 1 nitrogen and oxygen atoms in total. The Labute approximate surface area is 113 Å². The summed E-state index contributed by atoms with van der Waals surface area (Å²) in [5.74, 6) is 0.509. The number of fused-ring (bicyclic) bond motifs is 1. The summed E-state index contributed by atoms with van der Waals surface area (Å²) in [6.45, 7) is 4.47. The summed E-state index contributed by atoms with van der Waals surface area (Å²) in [4.78, 5) is 4.39. The highest BCUT2D eigenvalue weighted by molar-refractivity contribution is 5.96. The van der Waals surface area contributed by atoms with Gasteiger partial charge in [-0.15, -0.1) is 0 Å². The van der Waals surface area contributed by atoms with Crippen molar-refractivity contribution >= 4 is 10.8 Å². The molecular formula is C18H17N. The number of hydrogen-bond acceptors (Lipinski definition) is 1. The lowest BCUT2D eigenvalue weighted by molar-refractivity contribution is 0.869. The Morgan fingerprint density at radius 2 is 1.53 bits per heavy atom. The summed E-state index contributed by atoms with van der Waals surface area (Å²) in [6, 6.07) is 17.0. The molecule has 19 heavy (non-hydrogen) atoms. The van der Waals surface area contributed by atoms with Crippen LogP contribution in [0, 0.1) is 0 Å². The molecule has 0 radical (unpaired) electrons. The topological polar surface area (TPSA) is 12.9 Å². The van der Waals surface area contributed by atoms with Gasteiger partial charge in [-0.25, -0.2) is 0 Å². The number of hydrogen-bond donors (Lipinski definition) is 0. The number of rotatable bonds is 2. The van der Waals surface area contributed by atoms with E-state index in [1.165, 1.54) is 27.5 Å². The molecule has 94 valence electrons. The van der Waals surface area contributed by atoms with Crippen LogP contribution in [0.3, 0.4) is 0 Å². The van der Waals surface area contributed by atoms with E-state index in [9.17, 15) is 0 Å². The lowest BCUT2D eigenvalue weighted by atomic mass is 9.91. The number of pyridine rings is 1. The second kappa shape index (κ2) is 4.85. The van der Waals surface area contributed by atoms with Crippen LogP contribution in [-0.2, 0) is 0 Å². The van der Waals surface area contributed by atoms with Gasteiger partial charge in [0, 0.05) is 23.3 Å². The van der Waals surface area contributed by atoms with Crippen molar-refractivity contribution in [1.29, 1.82) is 0 Å². The molecule has 3 aromatic rings. The van der Waals surface area contributed by atoms with Crippen LogP contribution in [0.2, 0.25) is 0 Å². The van der Waals surface area contributed by atoms with Crippen LogP contribution in [0.4, 0.5) is 0 Å². The molecule has 1 aromatic heterocycles. The van der Waals surface area contributed by atoms with Crippen molar-refractivity contribution < 1.29 is 0 Å². The van der Waals surface area contributed by atoms with E-state index in [0.717, 1.165) is 0 Å². The Bertz CT molecular complexity index is 708. The molecule has 0 aliphatic heterocycles.